The first-order valence-corrected chi connectivity index (χ1v) is 4.91. The maximum absolute atomic E-state index is 11.2. The summed E-state index contributed by atoms with van der Waals surface area (Å²) in [6, 6.07) is 1.87. The van der Waals surface area contributed by atoms with Gasteiger partial charge in [0.1, 0.15) is 0 Å². The average molecular weight is 196 g/mol. The highest BCUT2D eigenvalue weighted by Gasteiger charge is 1.99. The summed E-state index contributed by atoms with van der Waals surface area (Å²) in [4.78, 5) is 11.2. The Hall–Kier alpha value is -1.13. The van der Waals surface area contributed by atoms with Crippen molar-refractivity contribution >= 4 is 22.9 Å². The van der Waals surface area contributed by atoms with Crippen molar-refractivity contribution in [2.75, 3.05) is 18.4 Å². The molecule has 0 unspecified atom stereocenters. The van der Waals surface area contributed by atoms with Gasteiger partial charge >= 0.3 is 0 Å². The molecular weight excluding hydrogens is 184 g/mol. The van der Waals surface area contributed by atoms with E-state index in [2.05, 4.69) is 17.2 Å². The lowest BCUT2D eigenvalue weighted by Gasteiger charge is -2.02. The fraction of sp³-hybridized carbons (Fsp3) is 0.222. The van der Waals surface area contributed by atoms with Crippen LogP contribution in [0.25, 0.3) is 0 Å². The minimum Gasteiger partial charge on any atom is -0.324 e. The van der Waals surface area contributed by atoms with E-state index >= 15 is 0 Å². The van der Waals surface area contributed by atoms with E-state index in [-0.39, 0.29) is 5.91 Å². The van der Waals surface area contributed by atoms with Gasteiger partial charge in [-0.05, 0) is 11.4 Å². The monoisotopic (exact) mass is 196 g/mol. The summed E-state index contributed by atoms with van der Waals surface area (Å²) in [6.07, 6.45) is 1.72. The van der Waals surface area contributed by atoms with Crippen LogP contribution in [-0.2, 0) is 4.79 Å². The summed E-state index contributed by atoms with van der Waals surface area (Å²) in [7, 11) is 0. The fourth-order valence-corrected chi connectivity index (χ4v) is 1.42. The van der Waals surface area contributed by atoms with Crippen molar-refractivity contribution in [2.45, 2.75) is 0 Å². The normalized spacial score (nSPS) is 9.54. The van der Waals surface area contributed by atoms with Crippen molar-refractivity contribution in [1.82, 2.24) is 5.32 Å². The maximum Gasteiger partial charge on any atom is 0.238 e. The van der Waals surface area contributed by atoms with Crippen LogP contribution < -0.4 is 10.6 Å². The summed E-state index contributed by atoms with van der Waals surface area (Å²) in [5, 5.41) is 9.49. The second-order valence-electron chi connectivity index (χ2n) is 2.48. The van der Waals surface area contributed by atoms with E-state index in [9.17, 15) is 4.79 Å². The Kier molecular flexibility index (Phi) is 4.21. The highest BCUT2D eigenvalue weighted by Crippen LogP contribution is 2.10. The molecule has 3 nitrogen and oxygen atoms in total. The molecule has 0 bridgehead atoms. The smallest absolute Gasteiger partial charge is 0.238 e. The molecule has 0 aliphatic rings. The van der Waals surface area contributed by atoms with Crippen LogP contribution in [0.4, 0.5) is 5.69 Å². The van der Waals surface area contributed by atoms with Gasteiger partial charge < -0.3 is 10.6 Å². The zero-order valence-electron chi connectivity index (χ0n) is 7.25. The molecule has 0 saturated heterocycles. The minimum absolute atomic E-state index is 0.0275. The van der Waals surface area contributed by atoms with E-state index in [1.54, 1.807) is 17.4 Å². The Labute approximate surface area is 81.5 Å². The minimum atomic E-state index is -0.0275. The first-order valence-electron chi connectivity index (χ1n) is 3.96. The average Bonchev–Trinajstić information content (AvgIpc) is 2.57. The summed E-state index contributed by atoms with van der Waals surface area (Å²) < 4.78 is 0. The highest BCUT2D eigenvalue weighted by molar-refractivity contribution is 7.08. The molecule has 0 saturated carbocycles. The van der Waals surface area contributed by atoms with Crippen molar-refractivity contribution in [2.24, 2.45) is 0 Å². The number of thiophene rings is 1. The maximum atomic E-state index is 11.2. The number of amides is 1. The SMILES string of the molecule is C=CCNCC(=O)Nc1ccsc1. The molecule has 1 aromatic heterocycles. The quantitative estimate of drug-likeness (QED) is 0.553. The Bertz CT molecular complexity index is 269. The summed E-state index contributed by atoms with van der Waals surface area (Å²) >= 11 is 1.56. The van der Waals surface area contributed by atoms with Gasteiger partial charge in [-0.15, -0.1) is 6.58 Å². The lowest BCUT2D eigenvalue weighted by Crippen LogP contribution is -2.27. The lowest BCUT2D eigenvalue weighted by molar-refractivity contribution is -0.115. The molecule has 0 fully saturated rings. The van der Waals surface area contributed by atoms with Crippen LogP contribution in [0, 0.1) is 0 Å². The first-order chi connectivity index (χ1) is 6.33. The number of carbonyl (C=O) groups excluding carboxylic acids is 1. The zero-order chi connectivity index (χ0) is 9.52. The van der Waals surface area contributed by atoms with Gasteiger partial charge in [0.15, 0.2) is 0 Å². The van der Waals surface area contributed by atoms with Gasteiger partial charge in [0.2, 0.25) is 5.91 Å². The predicted octanol–water partition coefficient (Wildman–Crippen LogP) is 1.46. The molecule has 2 N–H and O–H groups in total. The van der Waals surface area contributed by atoms with Gasteiger partial charge in [-0.3, -0.25) is 4.79 Å². The number of hydrogen-bond donors (Lipinski definition) is 2. The summed E-state index contributed by atoms with van der Waals surface area (Å²) in [6.45, 7) is 4.51. The van der Waals surface area contributed by atoms with Crippen molar-refractivity contribution in [1.29, 1.82) is 0 Å². The highest BCUT2D eigenvalue weighted by atomic mass is 32.1. The Morgan fingerprint density at radius 3 is 3.15 bits per heavy atom. The van der Waals surface area contributed by atoms with Gasteiger partial charge in [-0.1, -0.05) is 6.08 Å². The van der Waals surface area contributed by atoms with E-state index in [1.807, 2.05) is 16.8 Å². The number of carbonyl (C=O) groups is 1. The van der Waals surface area contributed by atoms with E-state index in [4.69, 9.17) is 0 Å². The van der Waals surface area contributed by atoms with Crippen LogP contribution >= 0.6 is 11.3 Å². The molecule has 1 heterocycles. The molecule has 0 aliphatic carbocycles. The second kappa shape index (κ2) is 5.50. The van der Waals surface area contributed by atoms with Crippen molar-refractivity contribution < 1.29 is 4.79 Å². The van der Waals surface area contributed by atoms with Gasteiger partial charge in [0, 0.05) is 11.9 Å². The van der Waals surface area contributed by atoms with Gasteiger partial charge in [-0.25, -0.2) is 0 Å². The number of anilines is 1. The van der Waals surface area contributed by atoms with E-state index in [0.29, 0.717) is 13.1 Å². The molecule has 1 rings (SSSR count). The first kappa shape index (κ1) is 9.95. The number of nitrogens with one attached hydrogen (secondary N) is 2. The third kappa shape index (κ3) is 3.87. The van der Waals surface area contributed by atoms with Crippen LogP contribution in [0.5, 0.6) is 0 Å². The molecular formula is C9H12N2OS. The van der Waals surface area contributed by atoms with Crippen LogP contribution in [0.2, 0.25) is 0 Å². The van der Waals surface area contributed by atoms with Crippen molar-refractivity contribution in [3.63, 3.8) is 0 Å². The Morgan fingerprint density at radius 1 is 1.69 bits per heavy atom. The summed E-state index contributed by atoms with van der Waals surface area (Å²) in [5.41, 5.74) is 0.857. The molecule has 0 atom stereocenters. The molecule has 1 amide bonds. The largest absolute Gasteiger partial charge is 0.324 e. The molecule has 0 spiro atoms. The number of hydrogen-bond acceptors (Lipinski definition) is 3. The number of rotatable bonds is 5. The third-order valence-corrected chi connectivity index (χ3v) is 2.06. The van der Waals surface area contributed by atoms with Crippen LogP contribution in [0.3, 0.4) is 0 Å². The predicted molar refractivity (Wildman–Crippen MR) is 56.0 cm³/mol. The molecule has 13 heavy (non-hydrogen) atoms. The molecule has 0 aromatic carbocycles. The Morgan fingerprint density at radius 2 is 2.54 bits per heavy atom. The zero-order valence-corrected chi connectivity index (χ0v) is 8.06. The molecule has 4 heteroatoms. The van der Waals surface area contributed by atoms with Gasteiger partial charge in [0.05, 0.1) is 12.2 Å². The second-order valence-corrected chi connectivity index (χ2v) is 3.26. The molecule has 0 aliphatic heterocycles. The topological polar surface area (TPSA) is 41.1 Å². The van der Waals surface area contributed by atoms with Crippen LogP contribution in [-0.4, -0.2) is 19.0 Å². The molecule has 1 aromatic rings. The molecule has 70 valence electrons. The van der Waals surface area contributed by atoms with Crippen molar-refractivity contribution in [3.05, 3.63) is 29.5 Å². The summed E-state index contributed by atoms with van der Waals surface area (Å²) in [5.74, 6) is -0.0275. The van der Waals surface area contributed by atoms with Gasteiger partial charge in [0.25, 0.3) is 0 Å². The fourth-order valence-electron chi connectivity index (χ4n) is 0.829. The van der Waals surface area contributed by atoms with E-state index < -0.39 is 0 Å². The van der Waals surface area contributed by atoms with Crippen LogP contribution in [0.15, 0.2) is 29.5 Å². The third-order valence-electron chi connectivity index (χ3n) is 1.38. The van der Waals surface area contributed by atoms with E-state index in [0.717, 1.165) is 5.69 Å². The Balaban J connectivity index is 2.22. The lowest BCUT2D eigenvalue weighted by atomic mass is 10.4. The van der Waals surface area contributed by atoms with Crippen molar-refractivity contribution in [3.8, 4) is 0 Å². The van der Waals surface area contributed by atoms with Crippen LogP contribution in [0.1, 0.15) is 0 Å². The van der Waals surface area contributed by atoms with E-state index in [1.165, 1.54) is 0 Å². The van der Waals surface area contributed by atoms with Gasteiger partial charge in [-0.2, -0.15) is 11.3 Å². The molecule has 0 radical (unpaired) electrons. The standard InChI is InChI=1S/C9H12N2OS/c1-2-4-10-6-9(12)11-8-3-5-13-7-8/h2-3,5,7,10H,1,4,6H2,(H,11,12).